The number of hydrogen-bond donors (Lipinski definition) is 1. The Balaban J connectivity index is 2.94. The van der Waals surface area contributed by atoms with Crippen molar-refractivity contribution in [3.05, 3.63) is 45.6 Å². The second-order valence-corrected chi connectivity index (χ2v) is 4.08. The van der Waals surface area contributed by atoms with E-state index in [2.05, 4.69) is 4.74 Å². The van der Waals surface area contributed by atoms with Crippen molar-refractivity contribution in [2.24, 2.45) is 0 Å². The quantitative estimate of drug-likeness (QED) is 0.400. The van der Waals surface area contributed by atoms with E-state index >= 15 is 0 Å². The summed E-state index contributed by atoms with van der Waals surface area (Å²) in [5.74, 6) is -2.34. The molecule has 18 heavy (non-hydrogen) atoms. The number of hydrogen-bond acceptors (Lipinski definition) is 4. The summed E-state index contributed by atoms with van der Waals surface area (Å²) in [5, 5.41) is 9.85. The third-order valence-corrected chi connectivity index (χ3v) is 2.50. The van der Waals surface area contributed by atoms with Gasteiger partial charge in [0.1, 0.15) is 0 Å². The molecule has 0 radical (unpaired) electrons. The van der Waals surface area contributed by atoms with Crippen molar-refractivity contribution in [1.82, 2.24) is 0 Å². The molecule has 0 bridgehead atoms. The van der Waals surface area contributed by atoms with E-state index < -0.39 is 17.5 Å². The van der Waals surface area contributed by atoms with E-state index in [1.54, 1.807) is 6.92 Å². The zero-order chi connectivity index (χ0) is 13.7. The smallest absolute Gasteiger partial charge is 0.373 e. The Morgan fingerprint density at radius 2 is 2.06 bits per heavy atom. The van der Waals surface area contributed by atoms with Gasteiger partial charge in [-0.2, -0.15) is 0 Å². The Bertz CT molecular complexity index is 509. The van der Waals surface area contributed by atoms with Crippen molar-refractivity contribution in [3.63, 3.8) is 0 Å². The number of aliphatic hydroxyl groups excluding tert-OH is 1. The fourth-order valence-electron chi connectivity index (χ4n) is 1.16. The molecule has 0 heterocycles. The zero-order valence-corrected chi connectivity index (χ0v) is 11.0. The van der Waals surface area contributed by atoms with Crippen LogP contribution in [-0.4, -0.2) is 23.5 Å². The summed E-state index contributed by atoms with van der Waals surface area (Å²) >= 11 is 11.5. The molecule has 6 heteroatoms. The molecule has 0 saturated carbocycles. The molecule has 0 aliphatic rings. The number of benzene rings is 1. The van der Waals surface area contributed by atoms with Crippen LogP contribution in [0.1, 0.15) is 17.3 Å². The lowest BCUT2D eigenvalue weighted by Crippen LogP contribution is -2.09. The molecule has 96 valence electrons. The Morgan fingerprint density at radius 1 is 1.39 bits per heavy atom. The van der Waals surface area contributed by atoms with Gasteiger partial charge in [-0.05, 0) is 25.1 Å². The summed E-state index contributed by atoms with van der Waals surface area (Å²) < 4.78 is 4.53. The molecule has 1 aromatic rings. The molecular weight excluding hydrogens is 279 g/mol. The van der Waals surface area contributed by atoms with Crippen molar-refractivity contribution in [2.45, 2.75) is 6.92 Å². The molecule has 0 unspecified atom stereocenters. The number of ether oxygens (including phenoxy) is 1. The van der Waals surface area contributed by atoms with Crippen molar-refractivity contribution >= 4 is 35.0 Å². The van der Waals surface area contributed by atoms with Gasteiger partial charge in [0.05, 0.1) is 11.6 Å². The molecule has 1 N–H and O–H groups in total. The van der Waals surface area contributed by atoms with Crippen molar-refractivity contribution in [1.29, 1.82) is 0 Å². The third kappa shape index (κ3) is 3.75. The molecule has 0 aliphatic carbocycles. The highest BCUT2D eigenvalue weighted by Crippen LogP contribution is 2.21. The highest BCUT2D eigenvalue weighted by Gasteiger charge is 2.14. The van der Waals surface area contributed by atoms with Crippen LogP contribution in [0.3, 0.4) is 0 Å². The van der Waals surface area contributed by atoms with E-state index in [4.69, 9.17) is 23.2 Å². The van der Waals surface area contributed by atoms with Crippen LogP contribution in [-0.2, 0) is 9.53 Å². The highest BCUT2D eigenvalue weighted by molar-refractivity contribution is 6.37. The number of carbonyl (C=O) groups excluding carboxylic acids is 2. The molecule has 4 nitrogen and oxygen atoms in total. The monoisotopic (exact) mass is 288 g/mol. The fourth-order valence-corrected chi connectivity index (χ4v) is 1.66. The van der Waals surface area contributed by atoms with Crippen LogP contribution < -0.4 is 0 Å². The number of rotatable bonds is 4. The van der Waals surface area contributed by atoms with E-state index in [-0.39, 0.29) is 17.2 Å². The summed E-state index contributed by atoms with van der Waals surface area (Å²) in [6.45, 7) is 1.69. The van der Waals surface area contributed by atoms with Gasteiger partial charge in [0.15, 0.2) is 5.78 Å². The fraction of sp³-hybridized carbons (Fsp3) is 0.167. The molecule has 0 aliphatic heterocycles. The molecule has 1 rings (SSSR count). The van der Waals surface area contributed by atoms with E-state index in [0.29, 0.717) is 5.02 Å². The lowest BCUT2D eigenvalue weighted by molar-refractivity contribution is -0.141. The average molecular weight is 289 g/mol. The SMILES string of the molecule is CCOC(=O)/C(O)=C/C(=O)c1ccc(Cl)cc1Cl. The largest absolute Gasteiger partial charge is 0.502 e. The zero-order valence-electron chi connectivity index (χ0n) is 9.44. The maximum atomic E-state index is 11.7. The van der Waals surface area contributed by atoms with Crippen LogP contribution in [0.5, 0.6) is 0 Å². The Hall–Kier alpha value is -1.52. The van der Waals surface area contributed by atoms with Gasteiger partial charge < -0.3 is 9.84 Å². The number of allylic oxidation sites excluding steroid dienone is 1. The minimum atomic E-state index is -0.962. The standard InChI is InChI=1S/C12H10Cl2O4/c1-2-18-12(17)11(16)6-10(15)8-4-3-7(13)5-9(8)14/h3-6,16H,2H2,1H3/b11-6-. The van der Waals surface area contributed by atoms with E-state index in [1.807, 2.05) is 0 Å². The number of ketones is 1. The van der Waals surface area contributed by atoms with E-state index in [9.17, 15) is 14.7 Å². The van der Waals surface area contributed by atoms with Crippen LogP contribution in [0.2, 0.25) is 10.0 Å². The summed E-state index contributed by atoms with van der Waals surface area (Å²) in [6.07, 6.45) is 0.757. The molecule has 0 amide bonds. The van der Waals surface area contributed by atoms with Crippen molar-refractivity contribution in [2.75, 3.05) is 6.61 Å². The second kappa shape index (κ2) is 6.42. The Labute approximate surface area is 114 Å². The molecule has 0 fully saturated rings. The summed E-state index contributed by atoms with van der Waals surface area (Å²) in [6, 6.07) is 4.28. The lowest BCUT2D eigenvalue weighted by atomic mass is 10.1. The van der Waals surface area contributed by atoms with Gasteiger partial charge in [0.25, 0.3) is 0 Å². The van der Waals surface area contributed by atoms with Gasteiger partial charge in [0.2, 0.25) is 5.76 Å². The number of aliphatic hydroxyl groups is 1. The Morgan fingerprint density at radius 3 is 2.61 bits per heavy atom. The van der Waals surface area contributed by atoms with Gasteiger partial charge in [0, 0.05) is 16.7 Å². The predicted molar refractivity (Wildman–Crippen MR) is 68.1 cm³/mol. The topological polar surface area (TPSA) is 63.6 Å². The maximum absolute atomic E-state index is 11.7. The predicted octanol–water partition coefficient (Wildman–Crippen LogP) is 3.18. The highest BCUT2D eigenvalue weighted by atomic mass is 35.5. The Kier molecular flexibility index (Phi) is 5.19. The molecular formula is C12H10Cl2O4. The summed E-state index contributed by atoms with van der Waals surface area (Å²) in [7, 11) is 0. The lowest BCUT2D eigenvalue weighted by Gasteiger charge is -2.02. The maximum Gasteiger partial charge on any atom is 0.373 e. The van der Waals surface area contributed by atoms with Gasteiger partial charge in [-0.3, -0.25) is 4.79 Å². The first-order valence-corrected chi connectivity index (χ1v) is 5.78. The molecule has 0 aromatic heterocycles. The minimum absolute atomic E-state index is 0.104. The first-order chi connectivity index (χ1) is 8.45. The van der Waals surface area contributed by atoms with Gasteiger partial charge >= 0.3 is 5.97 Å². The number of esters is 1. The van der Waals surface area contributed by atoms with Crippen molar-refractivity contribution in [3.8, 4) is 0 Å². The van der Waals surface area contributed by atoms with Crippen LogP contribution in [0.15, 0.2) is 30.0 Å². The van der Waals surface area contributed by atoms with Crippen LogP contribution in [0.4, 0.5) is 0 Å². The first-order valence-electron chi connectivity index (χ1n) is 5.03. The first kappa shape index (κ1) is 14.5. The van der Waals surface area contributed by atoms with Crippen LogP contribution in [0.25, 0.3) is 0 Å². The molecule has 1 aromatic carbocycles. The van der Waals surface area contributed by atoms with Crippen molar-refractivity contribution < 1.29 is 19.4 Å². The second-order valence-electron chi connectivity index (χ2n) is 3.24. The van der Waals surface area contributed by atoms with Gasteiger partial charge in [-0.15, -0.1) is 0 Å². The van der Waals surface area contributed by atoms with E-state index in [1.165, 1.54) is 18.2 Å². The van der Waals surface area contributed by atoms with E-state index in [0.717, 1.165) is 6.08 Å². The van der Waals surface area contributed by atoms with Gasteiger partial charge in [-0.25, -0.2) is 4.79 Å². The molecule has 0 spiro atoms. The minimum Gasteiger partial charge on any atom is -0.502 e. The normalized spacial score (nSPS) is 11.2. The van der Waals surface area contributed by atoms with Crippen LogP contribution in [0, 0.1) is 0 Å². The van der Waals surface area contributed by atoms with Crippen LogP contribution >= 0.6 is 23.2 Å². The summed E-state index contributed by atoms with van der Waals surface area (Å²) in [5.41, 5.74) is 0.136. The van der Waals surface area contributed by atoms with Gasteiger partial charge in [-0.1, -0.05) is 23.2 Å². The third-order valence-electron chi connectivity index (χ3n) is 1.95. The average Bonchev–Trinajstić information content (AvgIpc) is 2.28. The molecule has 0 saturated heterocycles. The summed E-state index contributed by atoms with van der Waals surface area (Å²) in [4.78, 5) is 22.8. The molecule has 0 atom stereocenters. The number of halogens is 2. The number of carbonyl (C=O) groups is 2.